The van der Waals surface area contributed by atoms with Crippen LogP contribution in [0.3, 0.4) is 0 Å². The van der Waals surface area contributed by atoms with E-state index in [4.69, 9.17) is 18.9 Å². The molecular weight excluding hydrogens is 435 g/mol. The Hall–Kier alpha value is -3.54. The van der Waals surface area contributed by atoms with Crippen molar-refractivity contribution in [2.24, 2.45) is 0 Å². The molecule has 1 heterocycles. The number of rotatable bonds is 7. The fraction of sp³-hybridized carbons (Fsp3) is 0.321. The number of methoxy groups -OCH3 is 2. The molecule has 0 bridgehead atoms. The maximum atomic E-state index is 14.9. The monoisotopic (exact) mass is 462 g/mol. The van der Waals surface area contributed by atoms with Crippen molar-refractivity contribution in [2.75, 3.05) is 20.8 Å². The third-order valence-electron chi connectivity index (χ3n) is 6.72. The fourth-order valence-corrected chi connectivity index (χ4v) is 4.94. The molecule has 34 heavy (non-hydrogen) atoms. The van der Waals surface area contributed by atoms with Gasteiger partial charge in [-0.1, -0.05) is 24.3 Å². The van der Waals surface area contributed by atoms with E-state index in [1.807, 2.05) is 48.5 Å². The molecule has 3 aromatic carbocycles. The Kier molecular flexibility index (Phi) is 6.14. The maximum Gasteiger partial charge on any atom is 0.306 e. The second kappa shape index (κ2) is 9.37. The molecule has 5 nitrogen and oxygen atoms in total. The minimum Gasteiger partial charge on any atom is -0.497 e. The Balaban J connectivity index is 1.34. The predicted molar refractivity (Wildman–Crippen MR) is 125 cm³/mol. The molecule has 5 rings (SSSR count). The normalized spacial score (nSPS) is 18.1. The summed E-state index contributed by atoms with van der Waals surface area (Å²) in [6, 6.07) is 17.0. The van der Waals surface area contributed by atoms with Crippen LogP contribution in [-0.2, 0) is 22.4 Å². The summed E-state index contributed by atoms with van der Waals surface area (Å²) in [5, 5.41) is 0. The number of hydrogen-bond acceptors (Lipinski definition) is 5. The number of hydrogen-bond donors (Lipinski definition) is 0. The molecule has 0 radical (unpaired) electrons. The highest BCUT2D eigenvalue weighted by molar-refractivity contribution is 5.71. The first-order valence-corrected chi connectivity index (χ1v) is 11.5. The third kappa shape index (κ3) is 4.32. The Morgan fingerprint density at radius 1 is 1.06 bits per heavy atom. The lowest BCUT2D eigenvalue weighted by Crippen LogP contribution is -2.09. The van der Waals surface area contributed by atoms with E-state index in [0.29, 0.717) is 23.7 Å². The lowest BCUT2D eigenvalue weighted by Gasteiger charge is -2.17. The van der Waals surface area contributed by atoms with Crippen LogP contribution in [0.5, 0.6) is 17.2 Å². The van der Waals surface area contributed by atoms with Gasteiger partial charge in [0.1, 0.15) is 29.2 Å². The number of benzene rings is 3. The molecule has 1 aliphatic heterocycles. The van der Waals surface area contributed by atoms with Crippen LogP contribution in [0.4, 0.5) is 4.39 Å². The average Bonchev–Trinajstić information content (AvgIpc) is 3.46. The summed E-state index contributed by atoms with van der Waals surface area (Å²) in [4.78, 5) is 11.7. The SMILES string of the molecule is COC(=O)C[C@@H]1COc2cc(O[C@@H]3CCc4c(Cc5ccc(OC)cc5)ccc(F)c43)ccc21. The van der Waals surface area contributed by atoms with Crippen LogP contribution in [-0.4, -0.2) is 26.8 Å². The van der Waals surface area contributed by atoms with Gasteiger partial charge in [0, 0.05) is 23.1 Å². The van der Waals surface area contributed by atoms with E-state index in [-0.39, 0.29) is 30.2 Å². The Bertz CT molecular complexity index is 1200. The van der Waals surface area contributed by atoms with Gasteiger partial charge >= 0.3 is 5.97 Å². The highest BCUT2D eigenvalue weighted by Gasteiger charge is 2.31. The molecule has 0 saturated heterocycles. The van der Waals surface area contributed by atoms with Crippen LogP contribution in [0.2, 0.25) is 0 Å². The van der Waals surface area contributed by atoms with E-state index in [1.54, 1.807) is 13.2 Å². The summed E-state index contributed by atoms with van der Waals surface area (Å²) in [5.41, 5.74) is 4.93. The summed E-state index contributed by atoms with van der Waals surface area (Å²) < 4.78 is 37.0. The van der Waals surface area contributed by atoms with Crippen LogP contribution < -0.4 is 14.2 Å². The van der Waals surface area contributed by atoms with Crippen LogP contribution >= 0.6 is 0 Å². The van der Waals surface area contributed by atoms with Gasteiger partial charge in [-0.2, -0.15) is 0 Å². The molecule has 3 aromatic rings. The van der Waals surface area contributed by atoms with E-state index in [1.165, 1.54) is 7.11 Å². The number of esters is 1. The maximum absolute atomic E-state index is 14.9. The highest BCUT2D eigenvalue weighted by Crippen LogP contribution is 2.42. The van der Waals surface area contributed by atoms with Gasteiger partial charge in [-0.3, -0.25) is 4.79 Å². The van der Waals surface area contributed by atoms with Crippen molar-refractivity contribution in [2.45, 2.75) is 37.7 Å². The lowest BCUT2D eigenvalue weighted by molar-refractivity contribution is -0.141. The van der Waals surface area contributed by atoms with E-state index in [2.05, 4.69) is 0 Å². The third-order valence-corrected chi connectivity index (χ3v) is 6.72. The highest BCUT2D eigenvalue weighted by atomic mass is 19.1. The minimum atomic E-state index is -0.351. The molecule has 2 aliphatic rings. The Morgan fingerprint density at radius 3 is 2.62 bits per heavy atom. The van der Waals surface area contributed by atoms with Crippen molar-refractivity contribution in [1.82, 2.24) is 0 Å². The van der Waals surface area contributed by atoms with Crippen LogP contribution in [0, 0.1) is 5.82 Å². The zero-order valence-electron chi connectivity index (χ0n) is 19.3. The number of ether oxygens (including phenoxy) is 4. The second-order valence-electron chi connectivity index (χ2n) is 8.76. The molecular formula is C28H27FO5. The first kappa shape index (κ1) is 22.3. The van der Waals surface area contributed by atoms with Crippen molar-refractivity contribution in [3.05, 3.63) is 88.2 Å². The molecule has 0 unspecified atom stereocenters. The van der Waals surface area contributed by atoms with Gasteiger partial charge in [0.05, 0.1) is 27.2 Å². The molecule has 176 valence electrons. The van der Waals surface area contributed by atoms with Crippen LogP contribution in [0.1, 0.15) is 52.7 Å². The lowest BCUT2D eigenvalue weighted by atomic mass is 9.96. The number of carbonyl (C=O) groups excluding carboxylic acids is 1. The van der Waals surface area contributed by atoms with Gasteiger partial charge in [0.25, 0.3) is 0 Å². The Labute approximate surface area is 198 Å². The minimum absolute atomic E-state index is 0.0262. The van der Waals surface area contributed by atoms with E-state index >= 15 is 0 Å². The molecule has 0 spiro atoms. The first-order chi connectivity index (χ1) is 16.6. The molecule has 6 heteroatoms. The second-order valence-corrected chi connectivity index (χ2v) is 8.76. The van der Waals surface area contributed by atoms with Crippen LogP contribution in [0.25, 0.3) is 0 Å². The fourth-order valence-electron chi connectivity index (χ4n) is 4.94. The average molecular weight is 463 g/mol. The summed E-state index contributed by atoms with van der Waals surface area (Å²) in [6.07, 6.45) is 2.15. The standard InChI is InChI=1S/C28H27FO5/c1-31-20-6-3-17(4-7-20)13-18-5-11-24(29)28-23(18)10-12-25(28)34-21-8-9-22-19(14-27(30)32-2)16-33-26(22)15-21/h3-9,11,15,19,25H,10,12-14,16H2,1-2H3/t19-,25-/m1/s1. The van der Waals surface area contributed by atoms with Gasteiger partial charge in [0.15, 0.2) is 0 Å². The summed E-state index contributed by atoms with van der Waals surface area (Å²) in [6.45, 7) is 0.434. The van der Waals surface area contributed by atoms with E-state index in [9.17, 15) is 9.18 Å². The van der Waals surface area contributed by atoms with Gasteiger partial charge in [0.2, 0.25) is 0 Å². The van der Waals surface area contributed by atoms with Gasteiger partial charge in [-0.15, -0.1) is 0 Å². The summed E-state index contributed by atoms with van der Waals surface area (Å²) in [7, 11) is 3.03. The molecule has 1 aliphatic carbocycles. The number of halogens is 1. The van der Waals surface area contributed by atoms with Crippen molar-refractivity contribution < 1.29 is 28.1 Å². The molecule has 0 amide bonds. The molecule has 0 aromatic heterocycles. The summed E-state index contributed by atoms with van der Waals surface area (Å²) >= 11 is 0. The van der Waals surface area contributed by atoms with Crippen LogP contribution in [0.15, 0.2) is 54.6 Å². The largest absolute Gasteiger partial charge is 0.497 e. The zero-order valence-corrected chi connectivity index (χ0v) is 19.3. The van der Waals surface area contributed by atoms with Gasteiger partial charge < -0.3 is 18.9 Å². The Morgan fingerprint density at radius 2 is 1.85 bits per heavy atom. The number of carbonyl (C=O) groups is 1. The van der Waals surface area contributed by atoms with E-state index in [0.717, 1.165) is 47.3 Å². The molecule has 0 saturated carbocycles. The van der Waals surface area contributed by atoms with Gasteiger partial charge in [-0.05, 0) is 60.2 Å². The van der Waals surface area contributed by atoms with Gasteiger partial charge in [-0.25, -0.2) is 4.39 Å². The first-order valence-electron chi connectivity index (χ1n) is 11.5. The molecule has 0 N–H and O–H groups in total. The smallest absolute Gasteiger partial charge is 0.306 e. The van der Waals surface area contributed by atoms with Crippen molar-refractivity contribution in [3.8, 4) is 17.2 Å². The number of fused-ring (bicyclic) bond motifs is 2. The van der Waals surface area contributed by atoms with Crippen molar-refractivity contribution >= 4 is 5.97 Å². The van der Waals surface area contributed by atoms with Crippen molar-refractivity contribution in [3.63, 3.8) is 0 Å². The zero-order chi connectivity index (χ0) is 23.7. The van der Waals surface area contributed by atoms with Crippen molar-refractivity contribution in [1.29, 1.82) is 0 Å². The topological polar surface area (TPSA) is 54.0 Å². The quantitative estimate of drug-likeness (QED) is 0.432. The molecule has 2 atom stereocenters. The molecule has 0 fully saturated rings. The predicted octanol–water partition coefficient (Wildman–Crippen LogP) is 5.53. The summed E-state index contributed by atoms with van der Waals surface area (Å²) in [5.74, 6) is 1.64. The van der Waals surface area contributed by atoms with E-state index < -0.39 is 0 Å².